The topological polar surface area (TPSA) is 53.0 Å². The van der Waals surface area contributed by atoms with Crippen LogP contribution in [0.4, 0.5) is 22.0 Å². The largest absolute Gasteiger partial charge is 0.419 e. The highest BCUT2D eigenvalue weighted by atomic mass is 19.4. The highest BCUT2D eigenvalue weighted by Crippen LogP contribution is 2.41. The number of carbonyl (C=O) groups excluding carboxylic acids is 2. The average Bonchev–Trinajstić information content (AvgIpc) is 3.34. The predicted molar refractivity (Wildman–Crippen MR) is 111 cm³/mol. The summed E-state index contributed by atoms with van der Waals surface area (Å²) in [5.41, 5.74) is 0.166. The Bertz CT molecular complexity index is 1050. The number of halogens is 5. The molecule has 0 saturated carbocycles. The fraction of sp³-hybridized carbons (Fsp3) is 0.522. The van der Waals surface area contributed by atoms with Crippen LogP contribution in [0, 0.1) is 17.6 Å². The molecule has 1 saturated heterocycles. The van der Waals surface area contributed by atoms with Gasteiger partial charge in [0, 0.05) is 37.7 Å². The van der Waals surface area contributed by atoms with Gasteiger partial charge in [-0.2, -0.15) is 13.2 Å². The van der Waals surface area contributed by atoms with E-state index in [0.717, 1.165) is 17.2 Å². The first-order chi connectivity index (χ1) is 15.5. The maximum absolute atomic E-state index is 14.0. The minimum absolute atomic E-state index is 0.00371. The highest BCUT2D eigenvalue weighted by Gasteiger charge is 2.41. The van der Waals surface area contributed by atoms with E-state index in [1.807, 2.05) is 13.8 Å². The summed E-state index contributed by atoms with van der Waals surface area (Å²) < 4.78 is 67.6. The molecule has 3 heterocycles. The third kappa shape index (κ3) is 4.27. The Morgan fingerprint density at radius 1 is 1.06 bits per heavy atom. The second kappa shape index (κ2) is 8.53. The van der Waals surface area contributed by atoms with E-state index in [9.17, 15) is 31.5 Å². The lowest BCUT2D eigenvalue weighted by Crippen LogP contribution is -2.43. The number of nitrogens with zero attached hydrogens (tertiary/aromatic N) is 3. The van der Waals surface area contributed by atoms with Gasteiger partial charge in [0.2, 0.25) is 5.91 Å². The molecule has 1 aromatic rings. The molecule has 0 N–H and O–H groups in total. The van der Waals surface area contributed by atoms with Gasteiger partial charge in [-0.05, 0) is 36.0 Å². The van der Waals surface area contributed by atoms with E-state index in [4.69, 9.17) is 0 Å². The molecular weight excluding hydrogens is 445 g/mol. The van der Waals surface area contributed by atoms with Gasteiger partial charge in [-0.3, -0.25) is 14.6 Å². The van der Waals surface area contributed by atoms with E-state index >= 15 is 0 Å². The number of rotatable bonds is 3. The summed E-state index contributed by atoms with van der Waals surface area (Å²) in [6, 6.07) is 1.70. The highest BCUT2D eigenvalue weighted by molar-refractivity contribution is 6.46. The van der Waals surface area contributed by atoms with Crippen LogP contribution in [0.5, 0.6) is 0 Å². The van der Waals surface area contributed by atoms with Gasteiger partial charge in [0.25, 0.3) is 5.91 Å². The van der Waals surface area contributed by atoms with Crippen molar-refractivity contribution < 1.29 is 31.5 Å². The summed E-state index contributed by atoms with van der Waals surface area (Å²) in [4.78, 5) is 33.0. The van der Waals surface area contributed by atoms with Crippen LogP contribution in [0.2, 0.25) is 0 Å². The number of piperidine rings is 1. The van der Waals surface area contributed by atoms with Crippen molar-refractivity contribution in [3.63, 3.8) is 0 Å². The van der Waals surface area contributed by atoms with Crippen molar-refractivity contribution >= 4 is 17.5 Å². The van der Waals surface area contributed by atoms with Crippen LogP contribution < -0.4 is 0 Å². The number of benzene rings is 1. The molecule has 0 spiro atoms. The fourth-order valence-corrected chi connectivity index (χ4v) is 4.80. The number of likely N-dealkylation sites (tertiary alicyclic amines) is 1. The van der Waals surface area contributed by atoms with Crippen LogP contribution in [0.25, 0.3) is 0 Å². The summed E-state index contributed by atoms with van der Waals surface area (Å²) in [5, 5.41) is 0. The standard InChI is InChI=1S/C23H24F5N3O2/c1-12(2)21(32)31-10-14-9-29-20(16(14)11-31)22(33)30-7-5-13(6-8-30)15-3-4-17(24)19(25)18(15)23(26,27)28/h3-4,12-13H,5-11H2,1-2H3. The van der Waals surface area contributed by atoms with E-state index in [2.05, 4.69) is 4.99 Å². The van der Waals surface area contributed by atoms with E-state index in [1.165, 1.54) is 4.90 Å². The summed E-state index contributed by atoms with van der Waals surface area (Å²) in [6.45, 7) is 5.12. The Morgan fingerprint density at radius 2 is 1.73 bits per heavy atom. The van der Waals surface area contributed by atoms with Crippen molar-refractivity contribution in [2.24, 2.45) is 10.9 Å². The van der Waals surface area contributed by atoms with Crippen molar-refractivity contribution in [1.29, 1.82) is 0 Å². The van der Waals surface area contributed by atoms with Crippen molar-refractivity contribution in [1.82, 2.24) is 9.80 Å². The molecule has 0 bridgehead atoms. The molecule has 2 amide bonds. The maximum Gasteiger partial charge on any atom is 0.419 e. The van der Waals surface area contributed by atoms with Crippen molar-refractivity contribution in [3.8, 4) is 0 Å². The van der Waals surface area contributed by atoms with E-state index < -0.39 is 29.3 Å². The minimum Gasteiger partial charge on any atom is -0.337 e. The van der Waals surface area contributed by atoms with Gasteiger partial charge in [-0.25, -0.2) is 8.78 Å². The number of alkyl halides is 3. The first kappa shape index (κ1) is 23.4. The number of aliphatic imine (C=N–C) groups is 1. The molecule has 0 atom stereocenters. The Morgan fingerprint density at radius 3 is 2.33 bits per heavy atom. The van der Waals surface area contributed by atoms with Gasteiger partial charge < -0.3 is 9.80 Å². The Hall–Kier alpha value is -2.78. The number of hydrogen-bond donors (Lipinski definition) is 0. The average molecular weight is 469 g/mol. The van der Waals surface area contributed by atoms with Gasteiger partial charge in [-0.1, -0.05) is 19.9 Å². The van der Waals surface area contributed by atoms with Crippen LogP contribution in [0.3, 0.4) is 0 Å². The maximum atomic E-state index is 14.0. The third-order valence-electron chi connectivity index (χ3n) is 6.51. The molecule has 3 aliphatic rings. The van der Waals surface area contributed by atoms with Crippen LogP contribution in [0.15, 0.2) is 28.3 Å². The Labute approximate surface area is 187 Å². The zero-order valence-corrected chi connectivity index (χ0v) is 18.3. The molecule has 5 nitrogen and oxygen atoms in total. The molecule has 3 aliphatic heterocycles. The normalized spacial score (nSPS) is 19.5. The number of hydrogen-bond acceptors (Lipinski definition) is 3. The summed E-state index contributed by atoms with van der Waals surface area (Å²) in [5.74, 6) is -4.53. The molecule has 0 aliphatic carbocycles. The molecule has 4 rings (SSSR count). The van der Waals surface area contributed by atoms with E-state index in [0.29, 0.717) is 31.4 Å². The summed E-state index contributed by atoms with van der Waals surface area (Å²) >= 11 is 0. The third-order valence-corrected chi connectivity index (χ3v) is 6.51. The lowest BCUT2D eigenvalue weighted by molar-refractivity contribution is -0.141. The molecule has 178 valence electrons. The minimum atomic E-state index is -5.02. The van der Waals surface area contributed by atoms with Gasteiger partial charge >= 0.3 is 6.18 Å². The molecule has 1 aromatic carbocycles. The molecule has 0 radical (unpaired) electrons. The molecule has 0 unspecified atom stereocenters. The molecule has 0 aromatic heterocycles. The van der Waals surface area contributed by atoms with Gasteiger partial charge in [0.15, 0.2) is 11.6 Å². The second-order valence-electron chi connectivity index (χ2n) is 8.99. The van der Waals surface area contributed by atoms with Crippen LogP contribution in [-0.2, 0) is 15.8 Å². The van der Waals surface area contributed by atoms with Crippen LogP contribution in [-0.4, -0.2) is 60.0 Å². The fourth-order valence-electron chi connectivity index (χ4n) is 4.80. The van der Waals surface area contributed by atoms with Crippen molar-refractivity contribution in [2.45, 2.75) is 38.8 Å². The molecular formula is C23H24F5N3O2. The first-order valence-corrected chi connectivity index (χ1v) is 10.9. The zero-order valence-electron chi connectivity index (χ0n) is 18.3. The molecule has 1 fully saturated rings. The summed E-state index contributed by atoms with van der Waals surface area (Å²) in [7, 11) is 0. The molecule has 10 heteroatoms. The Kier molecular flexibility index (Phi) is 6.05. The quantitative estimate of drug-likeness (QED) is 0.630. The lowest BCUT2D eigenvalue weighted by atomic mass is 9.85. The Balaban J connectivity index is 1.44. The van der Waals surface area contributed by atoms with Crippen molar-refractivity contribution in [3.05, 3.63) is 46.0 Å². The van der Waals surface area contributed by atoms with E-state index in [1.54, 1.807) is 4.90 Å². The van der Waals surface area contributed by atoms with Crippen molar-refractivity contribution in [2.75, 3.05) is 32.7 Å². The monoisotopic (exact) mass is 469 g/mol. The zero-order chi connectivity index (χ0) is 24.1. The number of amides is 2. The predicted octanol–water partition coefficient (Wildman–Crippen LogP) is 3.94. The second-order valence-corrected chi connectivity index (χ2v) is 8.99. The number of carbonyl (C=O) groups is 2. The van der Waals surface area contributed by atoms with Gasteiger partial charge in [-0.15, -0.1) is 0 Å². The van der Waals surface area contributed by atoms with E-state index in [-0.39, 0.29) is 49.2 Å². The van der Waals surface area contributed by atoms with Crippen LogP contribution >= 0.6 is 0 Å². The molecule has 33 heavy (non-hydrogen) atoms. The van der Waals surface area contributed by atoms with Gasteiger partial charge in [0.1, 0.15) is 5.71 Å². The SMILES string of the molecule is CC(C)C(=O)N1CC2=C(C1)C(C(=O)N1CCC(c3ccc(F)c(F)c3C(F)(F)F)CC1)=NC2. The summed E-state index contributed by atoms with van der Waals surface area (Å²) in [6.07, 6.45) is -4.63. The first-order valence-electron chi connectivity index (χ1n) is 10.9. The van der Waals surface area contributed by atoms with Crippen LogP contribution in [0.1, 0.15) is 43.7 Å². The van der Waals surface area contributed by atoms with Gasteiger partial charge in [0.05, 0.1) is 12.1 Å². The smallest absolute Gasteiger partial charge is 0.337 e. The lowest BCUT2D eigenvalue weighted by Gasteiger charge is -2.33.